The van der Waals surface area contributed by atoms with Crippen LogP contribution in [0, 0.1) is 13.8 Å². The molecule has 1 aliphatic rings. The maximum absolute atomic E-state index is 12.9. The number of hydrogen-bond acceptors (Lipinski definition) is 4. The summed E-state index contributed by atoms with van der Waals surface area (Å²) < 4.78 is 33.7. The first-order chi connectivity index (χ1) is 13.3. The Hall–Kier alpha value is -2.38. The fourth-order valence-electron chi connectivity index (χ4n) is 3.22. The van der Waals surface area contributed by atoms with Gasteiger partial charge in [-0.1, -0.05) is 23.8 Å². The van der Waals surface area contributed by atoms with Crippen LogP contribution in [0.5, 0.6) is 0 Å². The normalized spacial score (nSPS) is 16.8. The van der Waals surface area contributed by atoms with Gasteiger partial charge in [-0.15, -0.1) is 0 Å². The predicted octanol–water partition coefficient (Wildman–Crippen LogP) is 3.36. The fourth-order valence-corrected chi connectivity index (χ4v) is 4.30. The molecule has 1 saturated heterocycles. The lowest BCUT2D eigenvalue weighted by Gasteiger charge is -2.22. The third-order valence-corrected chi connectivity index (χ3v) is 6.28. The monoisotopic (exact) mass is 402 g/mol. The van der Waals surface area contributed by atoms with Gasteiger partial charge in [-0.3, -0.25) is 9.52 Å². The Labute approximate surface area is 166 Å². The van der Waals surface area contributed by atoms with E-state index in [4.69, 9.17) is 4.74 Å². The van der Waals surface area contributed by atoms with E-state index in [0.29, 0.717) is 17.8 Å². The van der Waals surface area contributed by atoms with Crippen LogP contribution in [0.2, 0.25) is 0 Å². The minimum atomic E-state index is -3.79. The van der Waals surface area contributed by atoms with Gasteiger partial charge in [0.05, 0.1) is 11.0 Å². The third-order valence-electron chi connectivity index (χ3n) is 4.90. The smallest absolute Gasteiger partial charge is 0.261 e. The maximum atomic E-state index is 12.9. The van der Waals surface area contributed by atoms with Crippen LogP contribution in [-0.2, 0) is 14.8 Å². The van der Waals surface area contributed by atoms with Crippen LogP contribution < -0.4 is 4.72 Å². The van der Waals surface area contributed by atoms with Gasteiger partial charge in [0.15, 0.2) is 0 Å². The number of anilines is 1. The summed E-state index contributed by atoms with van der Waals surface area (Å²) in [5.74, 6) is -0.208. The largest absolute Gasteiger partial charge is 0.376 e. The van der Waals surface area contributed by atoms with Crippen molar-refractivity contribution in [3.63, 3.8) is 0 Å². The average Bonchev–Trinajstić information content (AvgIpc) is 3.16. The molecule has 28 heavy (non-hydrogen) atoms. The van der Waals surface area contributed by atoms with E-state index in [0.717, 1.165) is 30.6 Å². The molecule has 0 bridgehead atoms. The zero-order chi connectivity index (χ0) is 20.3. The van der Waals surface area contributed by atoms with Crippen molar-refractivity contribution in [2.24, 2.45) is 0 Å². The summed E-state index contributed by atoms with van der Waals surface area (Å²) in [6.45, 7) is 4.96. The minimum Gasteiger partial charge on any atom is -0.376 e. The molecule has 1 unspecified atom stereocenters. The van der Waals surface area contributed by atoms with Crippen molar-refractivity contribution >= 4 is 21.6 Å². The van der Waals surface area contributed by atoms with Gasteiger partial charge in [0.2, 0.25) is 0 Å². The number of likely N-dealkylation sites (N-methyl/N-ethyl adjacent to an activating group) is 1. The summed E-state index contributed by atoms with van der Waals surface area (Å²) in [7, 11) is -2.08. The Kier molecular flexibility index (Phi) is 6.05. The van der Waals surface area contributed by atoms with Crippen molar-refractivity contribution in [3.8, 4) is 0 Å². The zero-order valence-electron chi connectivity index (χ0n) is 16.4. The molecule has 6 nitrogen and oxygen atoms in total. The van der Waals surface area contributed by atoms with Crippen molar-refractivity contribution in [2.45, 2.75) is 37.7 Å². The van der Waals surface area contributed by atoms with Crippen LogP contribution in [0.1, 0.15) is 34.3 Å². The highest BCUT2D eigenvalue weighted by Gasteiger charge is 2.23. The van der Waals surface area contributed by atoms with Gasteiger partial charge in [0, 0.05) is 31.5 Å². The number of hydrogen-bond donors (Lipinski definition) is 1. The number of carbonyl (C=O) groups excluding carboxylic acids is 1. The van der Waals surface area contributed by atoms with Crippen LogP contribution in [0.4, 0.5) is 5.69 Å². The number of rotatable bonds is 6. The number of carbonyl (C=O) groups is 1. The Morgan fingerprint density at radius 2 is 1.89 bits per heavy atom. The van der Waals surface area contributed by atoms with Gasteiger partial charge in [-0.05, 0) is 56.5 Å². The molecule has 2 aromatic carbocycles. The topological polar surface area (TPSA) is 75.7 Å². The van der Waals surface area contributed by atoms with E-state index >= 15 is 0 Å². The third kappa shape index (κ3) is 4.72. The first-order valence-corrected chi connectivity index (χ1v) is 10.8. The molecule has 1 amide bonds. The quantitative estimate of drug-likeness (QED) is 0.804. The van der Waals surface area contributed by atoms with E-state index in [9.17, 15) is 13.2 Å². The van der Waals surface area contributed by atoms with Gasteiger partial charge in [0.25, 0.3) is 15.9 Å². The number of aryl methyl sites for hydroxylation is 2. The first-order valence-electron chi connectivity index (χ1n) is 9.33. The average molecular weight is 403 g/mol. The summed E-state index contributed by atoms with van der Waals surface area (Å²) in [5.41, 5.74) is 2.64. The van der Waals surface area contributed by atoms with E-state index in [1.165, 1.54) is 12.1 Å². The molecule has 1 N–H and O–H groups in total. The number of ether oxygens (including phenoxy) is 1. The van der Waals surface area contributed by atoms with Crippen molar-refractivity contribution in [1.82, 2.24) is 4.90 Å². The maximum Gasteiger partial charge on any atom is 0.261 e. The molecule has 150 valence electrons. The molecule has 0 aromatic heterocycles. The molecule has 1 heterocycles. The SMILES string of the molecule is Cc1ccc(NS(=O)(=O)c2ccc(C)c(C(=O)N(C)CC3CCCO3)c2)cc1. The zero-order valence-corrected chi connectivity index (χ0v) is 17.3. The number of nitrogens with zero attached hydrogens (tertiary/aromatic N) is 1. The molecule has 0 radical (unpaired) electrons. The molecular weight excluding hydrogens is 376 g/mol. The summed E-state index contributed by atoms with van der Waals surface area (Å²) in [6.07, 6.45) is 1.99. The van der Waals surface area contributed by atoms with Crippen LogP contribution in [0.25, 0.3) is 0 Å². The van der Waals surface area contributed by atoms with Gasteiger partial charge in [-0.2, -0.15) is 0 Å². The van der Waals surface area contributed by atoms with E-state index in [1.54, 1.807) is 37.1 Å². The highest BCUT2D eigenvalue weighted by molar-refractivity contribution is 7.92. The highest BCUT2D eigenvalue weighted by atomic mass is 32.2. The molecule has 1 atom stereocenters. The van der Waals surface area contributed by atoms with E-state index in [-0.39, 0.29) is 16.9 Å². The van der Waals surface area contributed by atoms with Gasteiger partial charge in [-0.25, -0.2) is 8.42 Å². The van der Waals surface area contributed by atoms with Gasteiger partial charge in [0.1, 0.15) is 0 Å². The molecule has 3 rings (SSSR count). The molecule has 7 heteroatoms. The molecule has 1 fully saturated rings. The predicted molar refractivity (Wildman–Crippen MR) is 109 cm³/mol. The lowest BCUT2D eigenvalue weighted by atomic mass is 10.1. The Morgan fingerprint density at radius 1 is 1.18 bits per heavy atom. The van der Waals surface area contributed by atoms with Crippen molar-refractivity contribution in [3.05, 3.63) is 59.2 Å². The highest BCUT2D eigenvalue weighted by Crippen LogP contribution is 2.21. The van der Waals surface area contributed by atoms with Crippen LogP contribution in [0.15, 0.2) is 47.4 Å². The summed E-state index contributed by atoms with van der Waals surface area (Å²) in [6, 6.07) is 11.7. The Morgan fingerprint density at radius 3 is 2.54 bits per heavy atom. The van der Waals surface area contributed by atoms with E-state index in [2.05, 4.69) is 4.72 Å². The minimum absolute atomic E-state index is 0.0457. The number of nitrogens with one attached hydrogen (secondary N) is 1. The van der Waals surface area contributed by atoms with Crippen molar-refractivity contribution in [2.75, 3.05) is 24.9 Å². The number of amides is 1. The molecule has 0 saturated carbocycles. The Bertz CT molecular complexity index is 949. The second kappa shape index (κ2) is 8.32. The van der Waals surface area contributed by atoms with Crippen LogP contribution in [-0.4, -0.2) is 45.5 Å². The lowest BCUT2D eigenvalue weighted by Crippen LogP contribution is -2.34. The molecular formula is C21H26N2O4S. The Balaban J connectivity index is 1.81. The molecule has 0 spiro atoms. The van der Waals surface area contributed by atoms with Crippen LogP contribution >= 0.6 is 0 Å². The number of sulfonamides is 1. The first kappa shape index (κ1) is 20.4. The summed E-state index contributed by atoms with van der Waals surface area (Å²) >= 11 is 0. The summed E-state index contributed by atoms with van der Waals surface area (Å²) in [4.78, 5) is 14.5. The lowest BCUT2D eigenvalue weighted by molar-refractivity contribution is 0.0586. The van der Waals surface area contributed by atoms with Gasteiger partial charge < -0.3 is 9.64 Å². The second-order valence-corrected chi connectivity index (χ2v) is 8.95. The summed E-state index contributed by atoms with van der Waals surface area (Å²) in [5, 5.41) is 0. The fraction of sp³-hybridized carbons (Fsp3) is 0.381. The standard InChI is InChI=1S/C21H26N2O4S/c1-15-6-9-17(10-7-15)22-28(25,26)19-11-8-16(2)20(13-19)21(24)23(3)14-18-5-4-12-27-18/h6-11,13,18,22H,4-5,12,14H2,1-3H3. The van der Waals surface area contributed by atoms with Gasteiger partial charge >= 0.3 is 0 Å². The molecule has 0 aliphatic carbocycles. The molecule has 1 aliphatic heterocycles. The number of benzene rings is 2. The van der Waals surface area contributed by atoms with Crippen LogP contribution in [0.3, 0.4) is 0 Å². The molecule has 2 aromatic rings. The van der Waals surface area contributed by atoms with Crippen molar-refractivity contribution in [1.29, 1.82) is 0 Å². The van der Waals surface area contributed by atoms with E-state index < -0.39 is 10.0 Å². The second-order valence-electron chi connectivity index (χ2n) is 7.27. The van der Waals surface area contributed by atoms with Crippen molar-refractivity contribution < 1.29 is 17.9 Å². The van der Waals surface area contributed by atoms with E-state index in [1.807, 2.05) is 19.1 Å².